The highest BCUT2D eigenvalue weighted by Crippen LogP contribution is 2.29. The zero-order chi connectivity index (χ0) is 22.0. The predicted molar refractivity (Wildman–Crippen MR) is 121 cm³/mol. The molecule has 4 aromatic rings. The monoisotopic (exact) mass is 417 g/mol. The first-order valence-corrected chi connectivity index (χ1v) is 10.7. The Hall–Kier alpha value is -3.41. The fourth-order valence-electron chi connectivity index (χ4n) is 3.86. The molecule has 31 heavy (non-hydrogen) atoms. The molecule has 0 unspecified atom stereocenters. The molecule has 0 aliphatic rings. The number of carbonyl (C=O) groups is 1. The fraction of sp³-hybridized carbons (Fsp3) is 0.320. The lowest BCUT2D eigenvalue weighted by Crippen LogP contribution is -2.06. The highest BCUT2D eigenvalue weighted by Gasteiger charge is 2.16. The molecule has 0 bridgehead atoms. The zero-order valence-electron chi connectivity index (χ0n) is 18.4. The Labute approximate surface area is 181 Å². The van der Waals surface area contributed by atoms with Gasteiger partial charge in [-0.05, 0) is 69.5 Å². The standard InChI is InChI=1S/C25H27N3O3/c1-5-30-23(29)12-10-18-7-6-8-21(17(18)4)24-26-25(31-27-24)20-9-11-22-19(15-20)13-14-28(22)16(2)3/h6-9,11,13-16H,5,10,12H2,1-4H3. The van der Waals surface area contributed by atoms with Crippen molar-refractivity contribution in [2.24, 2.45) is 0 Å². The highest BCUT2D eigenvalue weighted by atomic mass is 16.5. The number of rotatable bonds is 7. The minimum absolute atomic E-state index is 0.184. The first-order valence-electron chi connectivity index (χ1n) is 10.7. The van der Waals surface area contributed by atoms with E-state index >= 15 is 0 Å². The largest absolute Gasteiger partial charge is 0.466 e. The summed E-state index contributed by atoms with van der Waals surface area (Å²) in [4.78, 5) is 16.4. The van der Waals surface area contributed by atoms with Crippen LogP contribution in [0, 0.1) is 6.92 Å². The minimum atomic E-state index is -0.184. The number of esters is 1. The molecule has 2 heterocycles. The van der Waals surface area contributed by atoms with Crippen LogP contribution in [0.2, 0.25) is 0 Å². The first kappa shape index (κ1) is 20.8. The Bertz CT molecular complexity index is 1220. The quantitative estimate of drug-likeness (QED) is 0.358. The van der Waals surface area contributed by atoms with E-state index in [0.717, 1.165) is 27.6 Å². The van der Waals surface area contributed by atoms with E-state index in [1.54, 1.807) is 0 Å². The van der Waals surface area contributed by atoms with Gasteiger partial charge in [-0.15, -0.1) is 0 Å². The minimum Gasteiger partial charge on any atom is -0.466 e. The predicted octanol–water partition coefficient (Wildman–Crippen LogP) is 5.74. The maximum absolute atomic E-state index is 11.7. The summed E-state index contributed by atoms with van der Waals surface area (Å²) in [5.74, 6) is 0.853. The van der Waals surface area contributed by atoms with Crippen LogP contribution < -0.4 is 0 Å². The van der Waals surface area contributed by atoms with E-state index in [0.29, 0.717) is 37.2 Å². The third kappa shape index (κ3) is 4.24. The van der Waals surface area contributed by atoms with E-state index in [2.05, 4.69) is 53.0 Å². The molecule has 0 N–H and O–H groups in total. The molecular formula is C25H27N3O3. The summed E-state index contributed by atoms with van der Waals surface area (Å²) in [6, 6.07) is 14.6. The lowest BCUT2D eigenvalue weighted by atomic mass is 9.98. The van der Waals surface area contributed by atoms with Gasteiger partial charge < -0.3 is 13.8 Å². The molecule has 160 valence electrons. The number of nitrogens with zero attached hydrogens (tertiary/aromatic N) is 3. The molecule has 6 heteroatoms. The van der Waals surface area contributed by atoms with E-state index in [9.17, 15) is 4.79 Å². The lowest BCUT2D eigenvalue weighted by Gasteiger charge is -2.09. The van der Waals surface area contributed by atoms with E-state index in [1.165, 1.54) is 5.52 Å². The normalized spacial score (nSPS) is 11.4. The Morgan fingerprint density at radius 2 is 2.03 bits per heavy atom. The van der Waals surface area contributed by atoms with Gasteiger partial charge in [0.15, 0.2) is 0 Å². The maximum atomic E-state index is 11.7. The van der Waals surface area contributed by atoms with Gasteiger partial charge in [-0.3, -0.25) is 4.79 Å². The van der Waals surface area contributed by atoms with Crippen LogP contribution in [0.15, 0.2) is 53.2 Å². The Kier molecular flexibility index (Phi) is 5.89. The summed E-state index contributed by atoms with van der Waals surface area (Å²) in [5.41, 5.74) is 5.10. The molecular weight excluding hydrogens is 390 g/mol. The van der Waals surface area contributed by atoms with Gasteiger partial charge in [0.1, 0.15) is 0 Å². The highest BCUT2D eigenvalue weighted by molar-refractivity contribution is 5.84. The van der Waals surface area contributed by atoms with Crippen molar-refractivity contribution in [2.75, 3.05) is 6.61 Å². The van der Waals surface area contributed by atoms with Crippen molar-refractivity contribution in [3.63, 3.8) is 0 Å². The van der Waals surface area contributed by atoms with E-state index in [1.807, 2.05) is 38.1 Å². The maximum Gasteiger partial charge on any atom is 0.306 e. The van der Waals surface area contributed by atoms with Crippen LogP contribution in [0.5, 0.6) is 0 Å². The fourth-order valence-corrected chi connectivity index (χ4v) is 3.86. The van der Waals surface area contributed by atoms with Crippen LogP contribution in [0.4, 0.5) is 0 Å². The molecule has 6 nitrogen and oxygen atoms in total. The van der Waals surface area contributed by atoms with Crippen molar-refractivity contribution in [3.8, 4) is 22.8 Å². The molecule has 2 aromatic carbocycles. The smallest absolute Gasteiger partial charge is 0.306 e. The SMILES string of the molecule is CCOC(=O)CCc1cccc(-c2noc(-c3ccc4c(ccn4C(C)C)c3)n2)c1C. The van der Waals surface area contributed by atoms with Crippen LogP contribution in [-0.2, 0) is 16.0 Å². The van der Waals surface area contributed by atoms with Crippen molar-refractivity contribution in [1.29, 1.82) is 0 Å². The number of aromatic nitrogens is 3. The molecule has 0 saturated heterocycles. The second-order valence-corrected chi connectivity index (χ2v) is 7.91. The second kappa shape index (κ2) is 8.76. The number of ether oxygens (including phenoxy) is 1. The molecule has 0 atom stereocenters. The molecule has 4 rings (SSSR count). The van der Waals surface area contributed by atoms with Crippen LogP contribution in [-0.4, -0.2) is 27.3 Å². The summed E-state index contributed by atoms with van der Waals surface area (Å²) in [7, 11) is 0. The van der Waals surface area contributed by atoms with Gasteiger partial charge >= 0.3 is 5.97 Å². The Morgan fingerprint density at radius 3 is 2.81 bits per heavy atom. The average Bonchev–Trinajstić information content (AvgIpc) is 3.40. The van der Waals surface area contributed by atoms with Crippen LogP contribution in [0.3, 0.4) is 0 Å². The van der Waals surface area contributed by atoms with Crippen molar-refractivity contribution in [2.45, 2.75) is 46.6 Å². The third-order valence-electron chi connectivity index (χ3n) is 5.54. The van der Waals surface area contributed by atoms with E-state index < -0.39 is 0 Å². The molecule has 0 radical (unpaired) electrons. The van der Waals surface area contributed by atoms with Gasteiger partial charge in [-0.1, -0.05) is 23.4 Å². The Morgan fingerprint density at radius 1 is 1.19 bits per heavy atom. The summed E-state index contributed by atoms with van der Waals surface area (Å²) in [6.45, 7) is 8.57. The molecule has 0 saturated carbocycles. The average molecular weight is 418 g/mol. The number of hydrogen-bond donors (Lipinski definition) is 0. The van der Waals surface area contributed by atoms with Crippen LogP contribution in [0.25, 0.3) is 33.7 Å². The van der Waals surface area contributed by atoms with Gasteiger partial charge in [0.2, 0.25) is 5.82 Å². The van der Waals surface area contributed by atoms with Crippen molar-refractivity contribution in [3.05, 3.63) is 59.8 Å². The zero-order valence-corrected chi connectivity index (χ0v) is 18.4. The second-order valence-electron chi connectivity index (χ2n) is 7.91. The topological polar surface area (TPSA) is 70.2 Å². The molecule has 0 aliphatic carbocycles. The molecule has 0 fully saturated rings. The van der Waals surface area contributed by atoms with Crippen molar-refractivity contribution < 1.29 is 14.1 Å². The van der Waals surface area contributed by atoms with Gasteiger partial charge in [0.05, 0.1) is 6.61 Å². The summed E-state index contributed by atoms with van der Waals surface area (Å²) in [6.07, 6.45) is 3.07. The number of hydrogen-bond acceptors (Lipinski definition) is 5. The molecule has 0 spiro atoms. The van der Waals surface area contributed by atoms with Crippen LogP contribution in [0.1, 0.15) is 44.4 Å². The summed E-state index contributed by atoms with van der Waals surface area (Å²) >= 11 is 0. The molecule has 0 aliphatic heterocycles. The lowest BCUT2D eigenvalue weighted by molar-refractivity contribution is -0.143. The van der Waals surface area contributed by atoms with Gasteiger partial charge in [0.25, 0.3) is 5.89 Å². The number of carbonyl (C=O) groups excluding carboxylic acids is 1. The van der Waals surface area contributed by atoms with Gasteiger partial charge in [0, 0.05) is 40.7 Å². The molecule has 2 aromatic heterocycles. The van der Waals surface area contributed by atoms with Gasteiger partial charge in [-0.25, -0.2) is 0 Å². The number of aryl methyl sites for hydroxylation is 1. The van der Waals surface area contributed by atoms with Gasteiger partial charge in [-0.2, -0.15) is 4.98 Å². The van der Waals surface area contributed by atoms with E-state index in [4.69, 9.17) is 9.26 Å². The molecule has 0 amide bonds. The number of benzene rings is 2. The summed E-state index contributed by atoms with van der Waals surface area (Å²) in [5, 5.41) is 5.36. The Balaban J connectivity index is 1.60. The van der Waals surface area contributed by atoms with E-state index in [-0.39, 0.29) is 5.97 Å². The third-order valence-corrected chi connectivity index (χ3v) is 5.54. The van der Waals surface area contributed by atoms with Crippen LogP contribution >= 0.6 is 0 Å². The van der Waals surface area contributed by atoms with Crippen molar-refractivity contribution in [1.82, 2.24) is 14.7 Å². The number of fused-ring (bicyclic) bond motifs is 1. The summed E-state index contributed by atoms with van der Waals surface area (Å²) < 4.78 is 12.9. The first-order chi connectivity index (χ1) is 15.0. The van der Waals surface area contributed by atoms with Crippen molar-refractivity contribution >= 4 is 16.9 Å².